The number of benzene rings is 2. The fraction of sp³-hybridized carbons (Fsp3) is 0.273. The average Bonchev–Trinajstić information content (AvgIpc) is 2.62. The Morgan fingerprint density at radius 1 is 0.957 bits per heavy atom. The van der Waals surface area contributed by atoms with E-state index in [0.29, 0.717) is 17.8 Å². The predicted octanol–water partition coefficient (Wildman–Crippen LogP) is 5.95. The maximum Gasteiger partial charge on any atom is 0.0421 e. The van der Waals surface area contributed by atoms with Crippen LogP contribution in [-0.2, 0) is 0 Å². The highest BCUT2D eigenvalue weighted by molar-refractivity contribution is 5.60. The first-order valence-electron chi connectivity index (χ1n) is 8.62. The van der Waals surface area contributed by atoms with Gasteiger partial charge in [-0.05, 0) is 41.2 Å². The van der Waals surface area contributed by atoms with Crippen LogP contribution in [0.3, 0.4) is 0 Å². The lowest BCUT2D eigenvalue weighted by molar-refractivity contribution is 0.734. The van der Waals surface area contributed by atoms with Crippen LogP contribution in [0.25, 0.3) is 0 Å². The Balaban J connectivity index is 1.57. The topological polar surface area (TPSA) is 12.0 Å². The zero-order valence-corrected chi connectivity index (χ0v) is 13.8. The molecule has 0 heterocycles. The number of hydrogen-bond donors (Lipinski definition) is 1. The van der Waals surface area contributed by atoms with Crippen LogP contribution in [0.1, 0.15) is 54.7 Å². The van der Waals surface area contributed by atoms with Crippen molar-refractivity contribution in [3.05, 3.63) is 89.1 Å². The third kappa shape index (κ3) is 2.50. The van der Waals surface area contributed by atoms with E-state index in [4.69, 9.17) is 0 Å². The van der Waals surface area contributed by atoms with E-state index >= 15 is 0 Å². The number of nitrogens with one attached hydrogen (secondary N) is 1. The molecule has 5 rings (SSSR count). The molecule has 3 unspecified atom stereocenters. The Kier molecular flexibility index (Phi) is 3.57. The Morgan fingerprint density at radius 2 is 1.70 bits per heavy atom. The first kappa shape index (κ1) is 14.3. The van der Waals surface area contributed by atoms with Crippen molar-refractivity contribution in [1.82, 2.24) is 0 Å². The van der Waals surface area contributed by atoms with Gasteiger partial charge in [-0.2, -0.15) is 0 Å². The molecule has 3 atom stereocenters. The summed E-state index contributed by atoms with van der Waals surface area (Å²) in [4.78, 5) is 0. The monoisotopic (exact) mass is 301 g/mol. The summed E-state index contributed by atoms with van der Waals surface area (Å²) in [5.74, 6) is 1.41. The van der Waals surface area contributed by atoms with Gasteiger partial charge in [-0.25, -0.2) is 0 Å². The van der Waals surface area contributed by atoms with Gasteiger partial charge in [-0.3, -0.25) is 0 Å². The average molecular weight is 301 g/mol. The Labute approximate surface area is 138 Å². The third-order valence-corrected chi connectivity index (χ3v) is 5.28. The van der Waals surface area contributed by atoms with Crippen LogP contribution in [0.15, 0.2) is 72.5 Å². The highest BCUT2D eigenvalue weighted by atomic mass is 14.9. The quantitative estimate of drug-likeness (QED) is 0.688. The van der Waals surface area contributed by atoms with Gasteiger partial charge in [-0.1, -0.05) is 68.5 Å². The molecule has 0 amide bonds. The highest BCUT2D eigenvalue weighted by Crippen LogP contribution is 2.44. The molecule has 3 aliphatic carbocycles. The molecule has 2 bridgehead atoms. The molecule has 0 radical (unpaired) electrons. The summed E-state index contributed by atoms with van der Waals surface area (Å²) >= 11 is 0. The van der Waals surface area contributed by atoms with E-state index in [1.165, 1.54) is 34.5 Å². The van der Waals surface area contributed by atoms with Gasteiger partial charge < -0.3 is 5.32 Å². The molecular formula is C22H23N. The van der Waals surface area contributed by atoms with Crippen molar-refractivity contribution >= 4 is 5.69 Å². The molecule has 2 aromatic carbocycles. The minimum Gasteiger partial charge on any atom is -0.358 e. The molecule has 0 saturated heterocycles. The van der Waals surface area contributed by atoms with E-state index in [2.05, 4.69) is 85.9 Å². The summed E-state index contributed by atoms with van der Waals surface area (Å²) < 4.78 is 0. The van der Waals surface area contributed by atoms with Crippen molar-refractivity contribution < 1.29 is 0 Å². The summed E-state index contributed by atoms with van der Waals surface area (Å²) in [5, 5.41) is 3.65. The second-order valence-corrected chi connectivity index (χ2v) is 6.70. The van der Waals surface area contributed by atoms with Crippen molar-refractivity contribution in [1.29, 1.82) is 0 Å². The zero-order valence-electron chi connectivity index (χ0n) is 13.8. The van der Waals surface area contributed by atoms with Gasteiger partial charge in [0, 0.05) is 23.2 Å². The van der Waals surface area contributed by atoms with Gasteiger partial charge in [0.1, 0.15) is 0 Å². The van der Waals surface area contributed by atoms with Gasteiger partial charge in [-0.15, -0.1) is 0 Å². The maximum absolute atomic E-state index is 3.65. The van der Waals surface area contributed by atoms with Crippen molar-refractivity contribution in [2.45, 2.75) is 38.0 Å². The zero-order chi connectivity index (χ0) is 15.8. The van der Waals surface area contributed by atoms with E-state index in [1.807, 2.05) is 0 Å². The number of allylic oxidation sites excluding steroid dienone is 3. The van der Waals surface area contributed by atoms with Crippen LogP contribution in [0.4, 0.5) is 5.69 Å². The number of rotatable bonds is 4. The highest BCUT2D eigenvalue weighted by Gasteiger charge is 2.29. The van der Waals surface area contributed by atoms with Crippen molar-refractivity contribution in [2.75, 3.05) is 5.32 Å². The Morgan fingerprint density at radius 3 is 2.43 bits per heavy atom. The fourth-order valence-electron chi connectivity index (χ4n) is 3.67. The number of anilines is 1. The second kappa shape index (κ2) is 5.73. The van der Waals surface area contributed by atoms with Crippen molar-refractivity contribution in [2.24, 2.45) is 0 Å². The van der Waals surface area contributed by atoms with Crippen LogP contribution in [0.5, 0.6) is 0 Å². The lowest BCUT2D eigenvalue weighted by Crippen LogP contribution is -2.20. The van der Waals surface area contributed by atoms with E-state index in [1.54, 1.807) is 0 Å². The fourth-order valence-corrected chi connectivity index (χ4v) is 3.67. The minimum atomic E-state index is 0.366. The Hall–Kier alpha value is -2.28. The number of hydrogen-bond acceptors (Lipinski definition) is 1. The van der Waals surface area contributed by atoms with Crippen molar-refractivity contribution in [3.63, 3.8) is 0 Å². The molecule has 1 heteroatoms. The molecular weight excluding hydrogens is 278 g/mol. The summed E-state index contributed by atoms with van der Waals surface area (Å²) in [6.45, 7) is 4.52. The first-order valence-corrected chi connectivity index (χ1v) is 8.62. The SMILES string of the molecule is CCC(C)c1ccc(NC2=CC3C=CC2c2ccccc23)cc1. The first-order chi connectivity index (χ1) is 11.3. The third-order valence-electron chi connectivity index (χ3n) is 5.28. The van der Waals surface area contributed by atoms with E-state index in [0.717, 1.165) is 0 Å². The summed E-state index contributed by atoms with van der Waals surface area (Å²) in [7, 11) is 0. The van der Waals surface area contributed by atoms with Crippen LogP contribution in [0, 0.1) is 0 Å². The van der Waals surface area contributed by atoms with Crippen LogP contribution < -0.4 is 5.32 Å². The van der Waals surface area contributed by atoms with Gasteiger partial charge in [0.05, 0.1) is 0 Å². The van der Waals surface area contributed by atoms with E-state index in [9.17, 15) is 0 Å². The summed E-state index contributed by atoms with van der Waals surface area (Å²) in [6, 6.07) is 17.7. The Bertz CT molecular complexity index is 767. The minimum absolute atomic E-state index is 0.366. The van der Waals surface area contributed by atoms with Crippen LogP contribution >= 0.6 is 0 Å². The van der Waals surface area contributed by atoms with Crippen LogP contribution in [-0.4, -0.2) is 0 Å². The second-order valence-electron chi connectivity index (χ2n) is 6.70. The lowest BCUT2D eigenvalue weighted by Gasteiger charge is -2.33. The van der Waals surface area contributed by atoms with E-state index < -0.39 is 0 Å². The lowest BCUT2D eigenvalue weighted by atomic mass is 9.74. The molecule has 2 aromatic rings. The predicted molar refractivity (Wildman–Crippen MR) is 97.9 cm³/mol. The van der Waals surface area contributed by atoms with E-state index in [-0.39, 0.29) is 0 Å². The van der Waals surface area contributed by atoms with Crippen LogP contribution in [0.2, 0.25) is 0 Å². The molecule has 3 aliphatic rings. The summed E-state index contributed by atoms with van der Waals surface area (Å²) in [5.41, 5.74) is 6.82. The molecule has 0 aromatic heterocycles. The molecule has 0 saturated carbocycles. The molecule has 23 heavy (non-hydrogen) atoms. The molecule has 1 nitrogen and oxygen atoms in total. The normalized spacial score (nSPS) is 22.4. The van der Waals surface area contributed by atoms with Gasteiger partial charge in [0.2, 0.25) is 0 Å². The van der Waals surface area contributed by atoms with Gasteiger partial charge in [0.25, 0.3) is 0 Å². The van der Waals surface area contributed by atoms with Gasteiger partial charge in [0.15, 0.2) is 0 Å². The van der Waals surface area contributed by atoms with Gasteiger partial charge >= 0.3 is 0 Å². The van der Waals surface area contributed by atoms with Crippen molar-refractivity contribution in [3.8, 4) is 0 Å². The molecule has 0 fully saturated rings. The molecule has 0 aliphatic heterocycles. The smallest absolute Gasteiger partial charge is 0.0421 e. The maximum atomic E-state index is 3.65. The molecule has 0 spiro atoms. The standard InChI is InChI=1S/C22H23N/c1-3-15(2)16-8-11-18(12-9-16)23-22-14-17-10-13-21(22)20-7-5-4-6-19(17)20/h4-15,17,21,23H,3H2,1-2H3. The summed E-state index contributed by atoms with van der Waals surface area (Å²) in [6.07, 6.45) is 8.21. The molecule has 1 N–H and O–H groups in total. The largest absolute Gasteiger partial charge is 0.358 e. The molecule has 116 valence electrons.